The van der Waals surface area contributed by atoms with E-state index in [0.717, 1.165) is 11.6 Å². The van der Waals surface area contributed by atoms with Gasteiger partial charge in [-0.2, -0.15) is 0 Å². The number of carboxylic acid groups (broad SMARTS) is 1. The van der Waals surface area contributed by atoms with Crippen LogP contribution < -0.4 is 14.8 Å². The maximum Gasteiger partial charge on any atom is 0.408 e. The molecule has 2 aromatic carbocycles. The molecule has 0 radical (unpaired) electrons. The van der Waals surface area contributed by atoms with Crippen LogP contribution in [0.25, 0.3) is 6.08 Å². The fourth-order valence-electron chi connectivity index (χ4n) is 2.62. The Morgan fingerprint density at radius 2 is 1.81 bits per heavy atom. The highest BCUT2D eigenvalue weighted by molar-refractivity contribution is 5.86. The minimum absolute atomic E-state index is 0.0784. The number of ether oxygens (including phenoxy) is 3. The van der Waals surface area contributed by atoms with Crippen LogP contribution in [0, 0.1) is 5.92 Å². The molecule has 0 aliphatic rings. The molecule has 2 N–H and O–H groups in total. The van der Waals surface area contributed by atoms with Gasteiger partial charge in [-0.25, -0.2) is 14.4 Å². The number of amides is 1. The molecule has 0 spiro atoms. The van der Waals surface area contributed by atoms with E-state index in [1.807, 2.05) is 30.3 Å². The molecular formula is C23H25NO7. The maximum absolute atomic E-state index is 12.6. The molecule has 0 aromatic heterocycles. The molecule has 2 rings (SSSR count). The van der Waals surface area contributed by atoms with Crippen LogP contribution >= 0.6 is 0 Å². The molecule has 0 saturated heterocycles. The normalized spacial score (nSPS) is 11.7. The average Bonchev–Trinajstić information content (AvgIpc) is 2.75. The number of nitrogens with one attached hydrogen (secondary N) is 1. The molecule has 31 heavy (non-hydrogen) atoms. The maximum atomic E-state index is 12.6. The zero-order valence-corrected chi connectivity index (χ0v) is 17.5. The number of esters is 1. The monoisotopic (exact) mass is 427 g/mol. The number of carbonyl (C=O) groups is 3. The van der Waals surface area contributed by atoms with Crippen LogP contribution in [0.15, 0.2) is 54.6 Å². The Morgan fingerprint density at radius 3 is 2.42 bits per heavy atom. The topological polar surface area (TPSA) is 111 Å². The van der Waals surface area contributed by atoms with Crippen molar-refractivity contribution in [2.45, 2.75) is 26.5 Å². The Balaban J connectivity index is 2.02. The fourth-order valence-corrected chi connectivity index (χ4v) is 2.62. The Bertz CT molecular complexity index is 938. The van der Waals surface area contributed by atoms with Gasteiger partial charge in [-0.1, -0.05) is 44.2 Å². The van der Waals surface area contributed by atoms with E-state index in [9.17, 15) is 14.4 Å². The highest BCUT2D eigenvalue weighted by Crippen LogP contribution is 2.26. The molecular weight excluding hydrogens is 402 g/mol. The molecule has 8 nitrogen and oxygen atoms in total. The third-order valence-corrected chi connectivity index (χ3v) is 4.24. The lowest BCUT2D eigenvalue weighted by Crippen LogP contribution is -2.46. The summed E-state index contributed by atoms with van der Waals surface area (Å²) >= 11 is 0. The van der Waals surface area contributed by atoms with Crippen molar-refractivity contribution in [3.8, 4) is 11.5 Å². The van der Waals surface area contributed by atoms with Crippen LogP contribution in [0.5, 0.6) is 11.5 Å². The molecule has 1 atom stereocenters. The second-order valence-corrected chi connectivity index (χ2v) is 6.92. The number of benzene rings is 2. The van der Waals surface area contributed by atoms with Crippen LogP contribution in [0.3, 0.4) is 0 Å². The lowest BCUT2D eigenvalue weighted by molar-refractivity contribution is -0.137. The highest BCUT2D eigenvalue weighted by atomic mass is 16.6. The van der Waals surface area contributed by atoms with Gasteiger partial charge >= 0.3 is 18.0 Å². The van der Waals surface area contributed by atoms with E-state index in [1.54, 1.807) is 19.9 Å². The van der Waals surface area contributed by atoms with Crippen LogP contribution in [-0.4, -0.2) is 36.3 Å². The van der Waals surface area contributed by atoms with Gasteiger partial charge in [-0.3, -0.25) is 0 Å². The van der Waals surface area contributed by atoms with E-state index in [2.05, 4.69) is 5.32 Å². The van der Waals surface area contributed by atoms with E-state index in [1.165, 1.54) is 25.3 Å². The summed E-state index contributed by atoms with van der Waals surface area (Å²) in [4.78, 5) is 35.5. The Hall–Kier alpha value is -3.81. The summed E-state index contributed by atoms with van der Waals surface area (Å²) in [6.07, 6.45) is 1.61. The molecule has 0 aliphatic carbocycles. The van der Waals surface area contributed by atoms with Gasteiger partial charge in [0.05, 0.1) is 7.11 Å². The van der Waals surface area contributed by atoms with Gasteiger partial charge in [0, 0.05) is 17.7 Å². The molecule has 0 fully saturated rings. The third kappa shape index (κ3) is 7.50. The van der Waals surface area contributed by atoms with Gasteiger partial charge in [0.25, 0.3) is 0 Å². The van der Waals surface area contributed by atoms with E-state index < -0.39 is 24.1 Å². The molecule has 0 aliphatic heterocycles. The smallest absolute Gasteiger partial charge is 0.408 e. The van der Waals surface area contributed by atoms with E-state index >= 15 is 0 Å². The summed E-state index contributed by atoms with van der Waals surface area (Å²) in [7, 11) is 1.42. The Kier molecular flexibility index (Phi) is 8.63. The highest BCUT2D eigenvalue weighted by Gasteiger charge is 2.27. The minimum Gasteiger partial charge on any atom is -0.496 e. The van der Waals surface area contributed by atoms with E-state index in [4.69, 9.17) is 19.3 Å². The minimum atomic E-state index is -1.09. The van der Waals surface area contributed by atoms with Crippen molar-refractivity contribution in [3.63, 3.8) is 0 Å². The third-order valence-electron chi connectivity index (χ3n) is 4.24. The van der Waals surface area contributed by atoms with Crippen LogP contribution in [-0.2, 0) is 20.9 Å². The summed E-state index contributed by atoms with van der Waals surface area (Å²) in [6.45, 7) is 3.61. The SMILES string of the molecule is COc1cc(OC(=O)[C@@H](NC(=O)OCc2ccccc2)C(C)C)ccc1/C=C/C(=O)O. The molecule has 0 unspecified atom stereocenters. The number of methoxy groups -OCH3 is 1. The van der Waals surface area contributed by atoms with Crippen molar-refractivity contribution in [2.75, 3.05) is 7.11 Å². The predicted molar refractivity (Wildman–Crippen MR) is 114 cm³/mol. The zero-order valence-electron chi connectivity index (χ0n) is 17.5. The van der Waals surface area contributed by atoms with Gasteiger partial charge in [0.2, 0.25) is 0 Å². The summed E-state index contributed by atoms with van der Waals surface area (Å²) < 4.78 is 15.8. The first kappa shape index (κ1) is 23.5. The first-order chi connectivity index (χ1) is 14.8. The van der Waals surface area contributed by atoms with Crippen LogP contribution in [0.4, 0.5) is 4.79 Å². The van der Waals surface area contributed by atoms with E-state index in [-0.39, 0.29) is 18.3 Å². The molecule has 8 heteroatoms. The largest absolute Gasteiger partial charge is 0.496 e. The summed E-state index contributed by atoms with van der Waals surface area (Å²) in [5.74, 6) is -1.49. The van der Waals surface area contributed by atoms with Gasteiger partial charge < -0.3 is 24.6 Å². The summed E-state index contributed by atoms with van der Waals surface area (Å²) in [5, 5.41) is 11.3. The van der Waals surface area contributed by atoms with Crippen LogP contribution in [0.1, 0.15) is 25.0 Å². The number of rotatable bonds is 9. The van der Waals surface area contributed by atoms with Crippen molar-refractivity contribution >= 4 is 24.1 Å². The zero-order chi connectivity index (χ0) is 22.8. The van der Waals surface area contributed by atoms with Crippen molar-refractivity contribution in [1.29, 1.82) is 0 Å². The first-order valence-corrected chi connectivity index (χ1v) is 9.58. The number of hydrogen-bond donors (Lipinski definition) is 2. The standard InChI is InChI=1S/C23H25NO7/c1-15(2)21(24-23(28)30-14-16-7-5-4-6-8-16)22(27)31-18-11-9-17(10-12-20(25)26)19(13-18)29-3/h4-13,15,21H,14H2,1-3H3,(H,24,28)(H,25,26)/b12-10+/t21-/m0/s1. The lowest BCUT2D eigenvalue weighted by Gasteiger charge is -2.20. The molecule has 164 valence electrons. The molecule has 0 heterocycles. The van der Waals surface area contributed by atoms with Gasteiger partial charge in [-0.15, -0.1) is 0 Å². The summed E-state index contributed by atoms with van der Waals surface area (Å²) in [6, 6.07) is 12.8. The van der Waals surface area contributed by atoms with Crippen molar-refractivity contribution in [2.24, 2.45) is 5.92 Å². The van der Waals surface area contributed by atoms with Crippen LogP contribution in [0.2, 0.25) is 0 Å². The van der Waals surface area contributed by atoms with Gasteiger partial charge in [-0.05, 0) is 29.7 Å². The number of alkyl carbamates (subject to hydrolysis) is 1. The summed E-state index contributed by atoms with van der Waals surface area (Å²) in [5.41, 5.74) is 1.33. The second kappa shape index (κ2) is 11.4. The molecule has 0 bridgehead atoms. The van der Waals surface area contributed by atoms with Crippen molar-refractivity contribution < 1.29 is 33.7 Å². The second-order valence-electron chi connectivity index (χ2n) is 6.92. The van der Waals surface area contributed by atoms with Gasteiger partial charge in [0.1, 0.15) is 24.1 Å². The quantitative estimate of drug-likeness (QED) is 0.357. The lowest BCUT2D eigenvalue weighted by atomic mass is 10.1. The van der Waals surface area contributed by atoms with E-state index in [0.29, 0.717) is 11.3 Å². The van der Waals surface area contributed by atoms with Crippen molar-refractivity contribution in [1.82, 2.24) is 5.32 Å². The Labute approximate surface area is 180 Å². The predicted octanol–water partition coefficient (Wildman–Crippen LogP) is 3.65. The first-order valence-electron chi connectivity index (χ1n) is 9.58. The average molecular weight is 427 g/mol. The molecule has 1 amide bonds. The Morgan fingerprint density at radius 1 is 1.10 bits per heavy atom. The van der Waals surface area contributed by atoms with Crippen molar-refractivity contribution in [3.05, 3.63) is 65.7 Å². The number of hydrogen-bond acceptors (Lipinski definition) is 6. The van der Waals surface area contributed by atoms with Gasteiger partial charge in [0.15, 0.2) is 0 Å². The molecule has 2 aromatic rings. The number of aliphatic carboxylic acids is 1. The number of carbonyl (C=O) groups excluding carboxylic acids is 2. The fraction of sp³-hybridized carbons (Fsp3) is 0.261. The molecule has 0 saturated carbocycles. The number of carboxylic acids is 1.